The van der Waals surface area contributed by atoms with Crippen LogP contribution in [0.25, 0.3) is 0 Å². The van der Waals surface area contributed by atoms with Crippen LogP contribution in [-0.2, 0) is 29.6 Å². The smallest absolute Gasteiger partial charge is 0.344 e. The van der Waals surface area contributed by atoms with E-state index >= 15 is 0 Å². The number of ether oxygens (including phenoxy) is 1. The van der Waals surface area contributed by atoms with E-state index in [0.717, 1.165) is 5.56 Å². The number of hydrogen-bond donors (Lipinski definition) is 0. The minimum absolute atomic E-state index is 0.157. The Bertz CT molecular complexity index is 646. The van der Waals surface area contributed by atoms with Crippen LogP contribution in [0.4, 0.5) is 0 Å². The van der Waals surface area contributed by atoms with Gasteiger partial charge in [-0.2, -0.15) is 0 Å². The zero-order valence-corrected chi connectivity index (χ0v) is 15.1. The highest BCUT2D eigenvalue weighted by molar-refractivity contribution is 7.55. The lowest BCUT2D eigenvalue weighted by atomic mass is 9.89. The van der Waals surface area contributed by atoms with Gasteiger partial charge >= 0.3 is 13.6 Å². The molecule has 1 aromatic carbocycles. The standard InChI is InChI=1S/C17H23O6P/c1-4-21-24(20,22-5-2)12(3)17(19)23-15-11-10-13-8-6-7-9-14(13)16(15)18/h6-9,12,15H,4-5,10-11H2,1-3H3. The molecule has 0 amide bonds. The first-order valence-corrected chi connectivity index (χ1v) is 9.75. The average molecular weight is 354 g/mol. The predicted octanol–water partition coefficient (Wildman–Crippen LogP) is 3.38. The summed E-state index contributed by atoms with van der Waals surface area (Å²) in [4.78, 5) is 24.8. The third-order valence-electron chi connectivity index (χ3n) is 3.94. The van der Waals surface area contributed by atoms with Gasteiger partial charge in [0.25, 0.3) is 0 Å². The van der Waals surface area contributed by atoms with Crippen LogP contribution < -0.4 is 0 Å². The van der Waals surface area contributed by atoms with Gasteiger partial charge in [-0.15, -0.1) is 0 Å². The first-order chi connectivity index (χ1) is 11.4. The molecular weight excluding hydrogens is 331 g/mol. The number of aryl methyl sites for hydroxylation is 1. The van der Waals surface area contributed by atoms with Gasteiger partial charge < -0.3 is 13.8 Å². The molecule has 24 heavy (non-hydrogen) atoms. The molecule has 1 aliphatic rings. The summed E-state index contributed by atoms with van der Waals surface area (Å²) in [6, 6.07) is 7.28. The van der Waals surface area contributed by atoms with Gasteiger partial charge in [0.15, 0.2) is 11.8 Å². The molecule has 0 fully saturated rings. The number of Topliss-reactive ketones (excluding diaryl/α,β-unsaturated/α-hetero) is 1. The molecule has 0 spiro atoms. The minimum atomic E-state index is -3.61. The van der Waals surface area contributed by atoms with Crippen molar-refractivity contribution in [3.05, 3.63) is 35.4 Å². The van der Waals surface area contributed by atoms with Crippen molar-refractivity contribution in [2.45, 2.75) is 45.4 Å². The van der Waals surface area contributed by atoms with E-state index in [0.29, 0.717) is 18.4 Å². The van der Waals surface area contributed by atoms with Crippen LogP contribution in [0.5, 0.6) is 0 Å². The number of fused-ring (bicyclic) bond motifs is 1. The monoisotopic (exact) mass is 354 g/mol. The molecule has 1 aromatic rings. The first-order valence-electron chi connectivity index (χ1n) is 8.14. The van der Waals surface area contributed by atoms with Gasteiger partial charge in [-0.1, -0.05) is 24.3 Å². The fourth-order valence-electron chi connectivity index (χ4n) is 2.67. The van der Waals surface area contributed by atoms with Gasteiger partial charge in [-0.3, -0.25) is 14.2 Å². The van der Waals surface area contributed by atoms with E-state index in [9.17, 15) is 14.2 Å². The highest BCUT2D eigenvalue weighted by atomic mass is 31.2. The zero-order valence-electron chi connectivity index (χ0n) is 14.2. The molecule has 2 unspecified atom stereocenters. The van der Waals surface area contributed by atoms with E-state index in [4.69, 9.17) is 13.8 Å². The molecule has 2 rings (SSSR count). The number of benzene rings is 1. The summed E-state index contributed by atoms with van der Waals surface area (Å²) >= 11 is 0. The number of carbonyl (C=O) groups is 2. The number of ketones is 1. The second-order valence-corrected chi connectivity index (χ2v) is 7.91. The van der Waals surface area contributed by atoms with Gasteiger partial charge in [-0.05, 0) is 39.2 Å². The first kappa shape index (κ1) is 18.8. The maximum absolute atomic E-state index is 12.6. The lowest BCUT2D eigenvalue weighted by molar-refractivity contribution is -0.147. The maximum atomic E-state index is 12.6. The summed E-state index contributed by atoms with van der Waals surface area (Å²) in [5, 5.41) is 0. The highest BCUT2D eigenvalue weighted by Gasteiger charge is 2.41. The SMILES string of the molecule is CCOP(=O)(OCC)C(C)C(=O)OC1CCc2ccccc2C1=O. The Kier molecular flexibility index (Phi) is 6.33. The van der Waals surface area contributed by atoms with Crippen LogP contribution in [-0.4, -0.2) is 36.7 Å². The van der Waals surface area contributed by atoms with Crippen LogP contribution in [0.1, 0.15) is 43.1 Å². The van der Waals surface area contributed by atoms with Crippen LogP contribution in [0.15, 0.2) is 24.3 Å². The Balaban J connectivity index is 2.09. The van der Waals surface area contributed by atoms with E-state index < -0.39 is 25.3 Å². The molecule has 6 nitrogen and oxygen atoms in total. The Morgan fingerprint density at radius 3 is 2.50 bits per heavy atom. The van der Waals surface area contributed by atoms with Gasteiger partial charge in [0, 0.05) is 5.56 Å². The Morgan fingerprint density at radius 2 is 1.88 bits per heavy atom. The van der Waals surface area contributed by atoms with Crippen molar-refractivity contribution >= 4 is 19.3 Å². The Hall–Kier alpha value is -1.49. The van der Waals surface area contributed by atoms with Crippen molar-refractivity contribution in [2.24, 2.45) is 0 Å². The summed E-state index contributed by atoms with van der Waals surface area (Å²) in [7, 11) is -3.61. The molecule has 132 valence electrons. The van der Waals surface area contributed by atoms with Crippen molar-refractivity contribution in [2.75, 3.05) is 13.2 Å². The number of carbonyl (C=O) groups excluding carboxylic acids is 2. The highest BCUT2D eigenvalue weighted by Crippen LogP contribution is 2.53. The third-order valence-corrected chi connectivity index (χ3v) is 6.34. The topological polar surface area (TPSA) is 78.9 Å². The van der Waals surface area contributed by atoms with E-state index in [1.165, 1.54) is 6.92 Å². The summed E-state index contributed by atoms with van der Waals surface area (Å²) in [5.74, 6) is -0.960. The molecule has 0 saturated heterocycles. The van der Waals surface area contributed by atoms with Crippen molar-refractivity contribution < 1.29 is 27.9 Å². The van der Waals surface area contributed by atoms with Crippen molar-refractivity contribution in [3.63, 3.8) is 0 Å². The van der Waals surface area contributed by atoms with Crippen LogP contribution in [0, 0.1) is 0 Å². The normalized spacial score (nSPS) is 18.8. The van der Waals surface area contributed by atoms with Crippen molar-refractivity contribution in [1.82, 2.24) is 0 Å². The molecule has 0 aromatic heterocycles. The van der Waals surface area contributed by atoms with Gasteiger partial charge in [0.2, 0.25) is 5.78 Å². The Morgan fingerprint density at radius 1 is 1.25 bits per heavy atom. The molecule has 0 saturated carbocycles. The van der Waals surface area contributed by atoms with Gasteiger partial charge in [0.1, 0.15) is 0 Å². The molecule has 0 radical (unpaired) electrons. The molecule has 1 aliphatic carbocycles. The van der Waals surface area contributed by atoms with E-state index in [2.05, 4.69) is 0 Å². The summed E-state index contributed by atoms with van der Waals surface area (Å²) in [6.07, 6.45) is 0.219. The fourth-order valence-corrected chi connectivity index (χ4v) is 4.23. The Labute approximate surface area is 142 Å². The number of hydrogen-bond acceptors (Lipinski definition) is 6. The lowest BCUT2D eigenvalue weighted by Gasteiger charge is -2.26. The number of esters is 1. The summed E-state index contributed by atoms with van der Waals surface area (Å²) < 4.78 is 28.3. The predicted molar refractivity (Wildman–Crippen MR) is 89.3 cm³/mol. The van der Waals surface area contributed by atoms with Crippen LogP contribution in [0.3, 0.4) is 0 Å². The van der Waals surface area contributed by atoms with Gasteiger partial charge in [0.05, 0.1) is 13.2 Å². The summed E-state index contributed by atoms with van der Waals surface area (Å²) in [6.45, 7) is 5.10. The van der Waals surface area contributed by atoms with Crippen molar-refractivity contribution in [3.8, 4) is 0 Å². The van der Waals surface area contributed by atoms with E-state index in [1.807, 2.05) is 12.1 Å². The number of rotatable bonds is 7. The molecule has 2 atom stereocenters. The van der Waals surface area contributed by atoms with Crippen LogP contribution in [0.2, 0.25) is 0 Å². The summed E-state index contributed by atoms with van der Waals surface area (Å²) in [5.41, 5.74) is 0.450. The quantitative estimate of drug-likeness (QED) is 0.552. The fraction of sp³-hybridized carbons (Fsp3) is 0.529. The maximum Gasteiger partial charge on any atom is 0.344 e. The van der Waals surface area contributed by atoms with E-state index in [1.54, 1.807) is 26.0 Å². The molecule has 0 bridgehead atoms. The van der Waals surface area contributed by atoms with E-state index in [-0.39, 0.29) is 19.0 Å². The molecule has 0 aliphatic heterocycles. The zero-order chi connectivity index (χ0) is 17.7. The second kappa shape index (κ2) is 8.06. The van der Waals surface area contributed by atoms with Crippen molar-refractivity contribution in [1.29, 1.82) is 0 Å². The second-order valence-electron chi connectivity index (χ2n) is 5.54. The van der Waals surface area contributed by atoms with Gasteiger partial charge in [-0.25, -0.2) is 0 Å². The largest absolute Gasteiger partial charge is 0.453 e. The molecule has 0 N–H and O–H groups in total. The minimum Gasteiger partial charge on any atom is -0.453 e. The van der Waals surface area contributed by atoms with Crippen LogP contribution >= 0.6 is 7.60 Å². The molecule has 0 heterocycles. The molecular formula is C17H23O6P. The molecule has 7 heteroatoms. The average Bonchev–Trinajstić information content (AvgIpc) is 2.57. The third kappa shape index (κ3) is 3.94. The lowest BCUT2D eigenvalue weighted by Crippen LogP contribution is -2.35.